The van der Waals surface area contributed by atoms with E-state index in [1.165, 1.54) is 0 Å². The molecule has 0 bridgehead atoms. The highest BCUT2D eigenvalue weighted by molar-refractivity contribution is 6.30. The van der Waals surface area contributed by atoms with Crippen LogP contribution in [0.25, 0.3) is 0 Å². The van der Waals surface area contributed by atoms with Crippen molar-refractivity contribution >= 4 is 11.6 Å². The fourth-order valence-electron chi connectivity index (χ4n) is 2.28. The van der Waals surface area contributed by atoms with Crippen LogP contribution >= 0.6 is 11.6 Å². The average molecular weight is 269 g/mol. The van der Waals surface area contributed by atoms with Crippen molar-refractivity contribution in [1.82, 2.24) is 4.90 Å². The van der Waals surface area contributed by atoms with E-state index in [9.17, 15) is 0 Å². The Bertz CT molecular complexity index is 380. The first-order valence-electron chi connectivity index (χ1n) is 6.44. The van der Waals surface area contributed by atoms with Gasteiger partial charge in [0, 0.05) is 24.2 Å². The number of benzene rings is 1. The molecule has 2 N–H and O–H groups in total. The van der Waals surface area contributed by atoms with Crippen molar-refractivity contribution in [1.29, 1.82) is 0 Å². The molecule has 18 heavy (non-hydrogen) atoms. The van der Waals surface area contributed by atoms with E-state index < -0.39 is 0 Å². The van der Waals surface area contributed by atoms with Crippen LogP contribution in [0.2, 0.25) is 5.02 Å². The van der Waals surface area contributed by atoms with Crippen LogP contribution < -0.4 is 5.73 Å². The summed E-state index contributed by atoms with van der Waals surface area (Å²) in [5.41, 5.74) is 7.37. The molecule has 1 aromatic carbocycles. The maximum atomic E-state index is 6.29. The van der Waals surface area contributed by atoms with Gasteiger partial charge in [0.1, 0.15) is 0 Å². The van der Waals surface area contributed by atoms with Crippen LogP contribution in [-0.4, -0.2) is 36.7 Å². The molecule has 3 nitrogen and oxygen atoms in total. The Labute approximate surface area is 114 Å². The van der Waals surface area contributed by atoms with E-state index in [1.807, 2.05) is 24.3 Å². The molecule has 1 saturated heterocycles. The number of ether oxygens (including phenoxy) is 1. The summed E-state index contributed by atoms with van der Waals surface area (Å²) in [6.45, 7) is 7.04. The number of hydrogen-bond donors (Lipinski definition) is 1. The molecule has 1 fully saturated rings. The SMILES string of the molecule is CC(C)N1CCOC(C(N)c2ccc(Cl)cc2)C1. The molecule has 2 atom stereocenters. The predicted octanol–water partition coefficient (Wildman–Crippen LogP) is 2.45. The fraction of sp³-hybridized carbons (Fsp3) is 0.571. The first kappa shape index (κ1) is 13.8. The van der Waals surface area contributed by atoms with Crippen LogP contribution in [0.5, 0.6) is 0 Å². The van der Waals surface area contributed by atoms with Crippen LogP contribution in [0.15, 0.2) is 24.3 Å². The van der Waals surface area contributed by atoms with Crippen molar-refractivity contribution in [2.45, 2.75) is 32.0 Å². The molecular weight excluding hydrogens is 248 g/mol. The van der Waals surface area contributed by atoms with Crippen LogP contribution in [-0.2, 0) is 4.74 Å². The molecule has 2 rings (SSSR count). The Morgan fingerprint density at radius 1 is 1.33 bits per heavy atom. The zero-order valence-corrected chi connectivity index (χ0v) is 11.7. The summed E-state index contributed by atoms with van der Waals surface area (Å²) in [4.78, 5) is 2.41. The molecule has 100 valence electrons. The topological polar surface area (TPSA) is 38.5 Å². The van der Waals surface area contributed by atoms with Gasteiger partial charge in [0.2, 0.25) is 0 Å². The third kappa shape index (κ3) is 3.23. The van der Waals surface area contributed by atoms with Crippen molar-refractivity contribution in [3.63, 3.8) is 0 Å². The summed E-state index contributed by atoms with van der Waals surface area (Å²) in [5, 5.41) is 0.735. The average Bonchev–Trinajstić information content (AvgIpc) is 2.39. The lowest BCUT2D eigenvalue weighted by Crippen LogP contribution is -2.49. The van der Waals surface area contributed by atoms with Crippen LogP contribution in [0.3, 0.4) is 0 Å². The van der Waals surface area contributed by atoms with E-state index in [-0.39, 0.29) is 12.1 Å². The molecule has 0 amide bonds. The molecule has 1 aliphatic heterocycles. The van der Waals surface area contributed by atoms with Gasteiger partial charge in [0.05, 0.1) is 18.8 Å². The molecule has 1 aromatic rings. The highest BCUT2D eigenvalue weighted by Gasteiger charge is 2.27. The number of nitrogens with two attached hydrogens (primary N) is 1. The second-order valence-corrected chi connectivity index (χ2v) is 5.51. The van der Waals surface area contributed by atoms with E-state index in [4.69, 9.17) is 22.1 Å². The first-order valence-corrected chi connectivity index (χ1v) is 6.82. The number of rotatable bonds is 3. The minimum atomic E-state index is -0.0937. The monoisotopic (exact) mass is 268 g/mol. The number of hydrogen-bond acceptors (Lipinski definition) is 3. The highest BCUT2D eigenvalue weighted by Crippen LogP contribution is 2.22. The van der Waals surface area contributed by atoms with Crippen molar-refractivity contribution in [2.75, 3.05) is 19.7 Å². The molecule has 0 aliphatic carbocycles. The summed E-state index contributed by atoms with van der Waals surface area (Å²) >= 11 is 5.89. The van der Waals surface area contributed by atoms with Crippen molar-refractivity contribution in [3.05, 3.63) is 34.9 Å². The van der Waals surface area contributed by atoms with Crippen molar-refractivity contribution < 1.29 is 4.74 Å². The Hall–Kier alpha value is -0.610. The van der Waals surface area contributed by atoms with E-state index in [1.54, 1.807) is 0 Å². The van der Waals surface area contributed by atoms with Crippen LogP contribution in [0, 0.1) is 0 Å². The number of nitrogens with zero attached hydrogens (tertiary/aromatic N) is 1. The Kier molecular flexibility index (Phi) is 4.62. The second-order valence-electron chi connectivity index (χ2n) is 5.08. The largest absolute Gasteiger partial charge is 0.374 e. The lowest BCUT2D eigenvalue weighted by atomic mass is 10.0. The molecule has 4 heteroatoms. The smallest absolute Gasteiger partial charge is 0.0894 e. The van der Waals surface area contributed by atoms with Gasteiger partial charge in [-0.25, -0.2) is 0 Å². The molecular formula is C14H21ClN2O. The molecule has 1 aliphatic rings. The van der Waals surface area contributed by atoms with Gasteiger partial charge in [-0.15, -0.1) is 0 Å². The van der Waals surface area contributed by atoms with Gasteiger partial charge in [0.25, 0.3) is 0 Å². The Balaban J connectivity index is 2.04. The zero-order valence-electron chi connectivity index (χ0n) is 11.0. The third-order valence-electron chi connectivity index (χ3n) is 3.51. The van der Waals surface area contributed by atoms with E-state index in [2.05, 4.69) is 18.7 Å². The van der Waals surface area contributed by atoms with Gasteiger partial charge in [-0.05, 0) is 31.5 Å². The number of morpholine rings is 1. The second kappa shape index (κ2) is 6.02. The molecule has 0 spiro atoms. The van der Waals surface area contributed by atoms with Gasteiger partial charge >= 0.3 is 0 Å². The predicted molar refractivity (Wildman–Crippen MR) is 74.8 cm³/mol. The first-order chi connectivity index (χ1) is 8.58. The van der Waals surface area contributed by atoms with Gasteiger partial charge in [0.15, 0.2) is 0 Å². The molecule has 0 radical (unpaired) electrons. The molecule has 0 saturated carbocycles. The zero-order chi connectivity index (χ0) is 13.1. The van der Waals surface area contributed by atoms with Crippen molar-refractivity contribution in [3.8, 4) is 0 Å². The summed E-state index contributed by atoms with van der Waals surface area (Å²) in [6.07, 6.45) is 0.0577. The normalized spacial score (nSPS) is 23.3. The Morgan fingerprint density at radius 2 is 2.00 bits per heavy atom. The maximum absolute atomic E-state index is 6.29. The van der Waals surface area contributed by atoms with Gasteiger partial charge < -0.3 is 10.5 Å². The lowest BCUT2D eigenvalue weighted by molar-refractivity contribution is -0.0502. The standard InChI is InChI=1S/C14H21ClN2O/c1-10(2)17-7-8-18-13(9-17)14(16)11-3-5-12(15)6-4-11/h3-6,10,13-14H,7-9,16H2,1-2H3. The van der Waals surface area contributed by atoms with Gasteiger partial charge in [-0.2, -0.15) is 0 Å². The van der Waals surface area contributed by atoms with Gasteiger partial charge in [-0.1, -0.05) is 23.7 Å². The summed E-state index contributed by atoms with van der Waals surface area (Å²) in [7, 11) is 0. The summed E-state index contributed by atoms with van der Waals surface area (Å²) in [5.74, 6) is 0. The van der Waals surface area contributed by atoms with Gasteiger partial charge in [-0.3, -0.25) is 4.90 Å². The van der Waals surface area contributed by atoms with E-state index >= 15 is 0 Å². The molecule has 0 aromatic heterocycles. The summed E-state index contributed by atoms with van der Waals surface area (Å²) < 4.78 is 5.81. The quantitative estimate of drug-likeness (QED) is 0.915. The number of halogens is 1. The van der Waals surface area contributed by atoms with Crippen molar-refractivity contribution in [2.24, 2.45) is 5.73 Å². The molecule has 1 heterocycles. The van der Waals surface area contributed by atoms with Crippen LogP contribution in [0.4, 0.5) is 0 Å². The minimum Gasteiger partial charge on any atom is -0.374 e. The molecule has 2 unspecified atom stereocenters. The minimum absolute atomic E-state index is 0.0577. The van der Waals surface area contributed by atoms with E-state index in [0.29, 0.717) is 6.04 Å². The third-order valence-corrected chi connectivity index (χ3v) is 3.76. The van der Waals surface area contributed by atoms with Crippen LogP contribution in [0.1, 0.15) is 25.5 Å². The lowest BCUT2D eigenvalue weighted by Gasteiger charge is -2.38. The fourth-order valence-corrected chi connectivity index (χ4v) is 2.41. The Morgan fingerprint density at radius 3 is 2.61 bits per heavy atom. The van der Waals surface area contributed by atoms with E-state index in [0.717, 1.165) is 30.3 Å². The maximum Gasteiger partial charge on any atom is 0.0894 e. The highest BCUT2D eigenvalue weighted by atomic mass is 35.5. The summed E-state index contributed by atoms with van der Waals surface area (Å²) in [6, 6.07) is 8.15.